The molecule has 25 heavy (non-hydrogen) atoms. The fourth-order valence-electron chi connectivity index (χ4n) is 2.48. The molecule has 3 rings (SSSR count). The first-order valence-electron chi connectivity index (χ1n) is 7.58. The van der Waals surface area contributed by atoms with Crippen molar-refractivity contribution in [2.45, 2.75) is 10.1 Å². The highest BCUT2D eigenvalue weighted by Gasteiger charge is 2.39. The molecule has 2 aromatic rings. The van der Waals surface area contributed by atoms with Gasteiger partial charge in [-0.3, -0.25) is 4.79 Å². The van der Waals surface area contributed by atoms with Gasteiger partial charge in [0.1, 0.15) is 5.25 Å². The second-order valence-electron chi connectivity index (χ2n) is 5.75. The summed E-state index contributed by atoms with van der Waals surface area (Å²) in [5.41, 5.74) is 0.851. The molecule has 0 radical (unpaired) electrons. The normalized spacial score (nSPS) is 15.4. The van der Waals surface area contributed by atoms with Gasteiger partial charge in [-0.2, -0.15) is 0 Å². The van der Waals surface area contributed by atoms with Crippen LogP contribution in [0, 0.1) is 0 Å². The Bertz CT molecular complexity index is 900. The molecule has 0 unspecified atom stereocenters. The van der Waals surface area contributed by atoms with E-state index in [2.05, 4.69) is 0 Å². The molecular formula is C18H15Cl2NO3S. The highest BCUT2D eigenvalue weighted by molar-refractivity contribution is 7.92. The van der Waals surface area contributed by atoms with Gasteiger partial charge in [0.05, 0.1) is 4.90 Å². The quantitative estimate of drug-likeness (QED) is 0.741. The number of carbonyl (C=O) groups is 1. The first kappa shape index (κ1) is 18.0. The minimum absolute atomic E-state index is 0.189. The van der Waals surface area contributed by atoms with Crippen LogP contribution < -0.4 is 0 Å². The molecule has 0 atom stereocenters. The zero-order valence-electron chi connectivity index (χ0n) is 13.1. The molecule has 130 valence electrons. The molecule has 1 amide bonds. The van der Waals surface area contributed by atoms with E-state index >= 15 is 0 Å². The van der Waals surface area contributed by atoms with Crippen molar-refractivity contribution in [3.05, 3.63) is 70.2 Å². The molecule has 1 aliphatic rings. The molecule has 7 heteroatoms. The van der Waals surface area contributed by atoms with E-state index < -0.39 is 15.1 Å². The van der Waals surface area contributed by atoms with Gasteiger partial charge < -0.3 is 4.90 Å². The predicted octanol–water partition coefficient (Wildman–Crippen LogP) is 3.69. The van der Waals surface area contributed by atoms with Crippen molar-refractivity contribution in [1.82, 2.24) is 4.90 Å². The maximum absolute atomic E-state index is 12.5. The zero-order chi connectivity index (χ0) is 18.0. The third kappa shape index (κ3) is 4.06. The number of rotatable bonds is 4. The Kier molecular flexibility index (Phi) is 5.18. The lowest BCUT2D eigenvalue weighted by Crippen LogP contribution is -2.56. The van der Waals surface area contributed by atoms with Crippen LogP contribution in [0.15, 0.2) is 59.5 Å². The fraction of sp³-hybridized carbons (Fsp3) is 0.167. The van der Waals surface area contributed by atoms with Gasteiger partial charge in [0.2, 0.25) is 5.91 Å². The van der Waals surface area contributed by atoms with Gasteiger partial charge in [-0.1, -0.05) is 35.3 Å². The van der Waals surface area contributed by atoms with Gasteiger partial charge in [0.15, 0.2) is 9.84 Å². The Hall–Kier alpha value is -1.82. The number of nitrogens with zero attached hydrogens (tertiary/aromatic N) is 1. The Morgan fingerprint density at radius 1 is 0.960 bits per heavy atom. The minimum atomic E-state index is -3.45. The number of hydrogen-bond donors (Lipinski definition) is 0. The standard InChI is InChI=1S/C18H15Cl2NO3S/c19-14-4-1-13(2-5-14)3-10-18(22)21-11-17(12-21)25(23,24)16-8-6-15(20)7-9-16/h1-10,17H,11-12H2/b10-3+. The summed E-state index contributed by atoms with van der Waals surface area (Å²) in [5, 5.41) is 0.528. The van der Waals surface area contributed by atoms with Crippen LogP contribution in [0.3, 0.4) is 0 Å². The van der Waals surface area contributed by atoms with E-state index in [0.29, 0.717) is 10.0 Å². The minimum Gasteiger partial charge on any atom is -0.336 e. The van der Waals surface area contributed by atoms with Gasteiger partial charge in [-0.05, 0) is 48.0 Å². The van der Waals surface area contributed by atoms with E-state index in [4.69, 9.17) is 23.2 Å². The molecule has 0 saturated carbocycles. The Labute approximate surface area is 156 Å². The van der Waals surface area contributed by atoms with Crippen molar-refractivity contribution in [1.29, 1.82) is 0 Å². The maximum Gasteiger partial charge on any atom is 0.246 e. The molecular weight excluding hydrogens is 381 g/mol. The lowest BCUT2D eigenvalue weighted by molar-refractivity contribution is -0.128. The summed E-state index contributed by atoms with van der Waals surface area (Å²) in [4.78, 5) is 13.9. The number of benzene rings is 2. The summed E-state index contributed by atoms with van der Waals surface area (Å²) in [5.74, 6) is -0.211. The molecule has 0 N–H and O–H groups in total. The Morgan fingerprint density at radius 3 is 2.04 bits per heavy atom. The van der Waals surface area contributed by atoms with E-state index in [-0.39, 0.29) is 23.9 Å². The maximum atomic E-state index is 12.5. The van der Waals surface area contributed by atoms with Crippen molar-refractivity contribution in [2.75, 3.05) is 13.1 Å². The fourth-order valence-corrected chi connectivity index (χ4v) is 4.38. The van der Waals surface area contributed by atoms with Crippen molar-refractivity contribution < 1.29 is 13.2 Å². The van der Waals surface area contributed by atoms with Crippen molar-refractivity contribution in [3.8, 4) is 0 Å². The van der Waals surface area contributed by atoms with Crippen LogP contribution in [0.2, 0.25) is 10.0 Å². The molecule has 0 spiro atoms. The summed E-state index contributed by atoms with van der Waals surface area (Å²) >= 11 is 11.6. The third-order valence-corrected chi connectivity index (χ3v) is 6.64. The smallest absolute Gasteiger partial charge is 0.246 e. The summed E-state index contributed by atoms with van der Waals surface area (Å²) in [6.45, 7) is 0.378. The topological polar surface area (TPSA) is 54.5 Å². The van der Waals surface area contributed by atoms with Crippen LogP contribution in [0.25, 0.3) is 6.08 Å². The van der Waals surface area contributed by atoms with Crippen molar-refractivity contribution in [3.63, 3.8) is 0 Å². The van der Waals surface area contributed by atoms with Gasteiger partial charge in [-0.25, -0.2) is 8.42 Å². The molecule has 0 aromatic heterocycles. The number of sulfone groups is 1. The summed E-state index contributed by atoms with van der Waals surface area (Å²) in [6, 6.07) is 13.2. The molecule has 1 aliphatic heterocycles. The van der Waals surface area contributed by atoms with Gasteiger partial charge >= 0.3 is 0 Å². The molecule has 2 aromatic carbocycles. The highest BCUT2D eigenvalue weighted by atomic mass is 35.5. The Morgan fingerprint density at radius 2 is 1.48 bits per heavy atom. The predicted molar refractivity (Wildman–Crippen MR) is 99.5 cm³/mol. The average Bonchev–Trinajstić information content (AvgIpc) is 2.53. The van der Waals surface area contributed by atoms with Crippen LogP contribution >= 0.6 is 23.2 Å². The second-order valence-corrected chi connectivity index (χ2v) is 8.85. The number of amides is 1. The first-order valence-corrected chi connectivity index (χ1v) is 9.88. The molecule has 1 heterocycles. The number of hydrogen-bond acceptors (Lipinski definition) is 3. The SMILES string of the molecule is O=C(/C=C/c1ccc(Cl)cc1)N1CC(S(=O)(=O)c2ccc(Cl)cc2)C1. The van der Waals surface area contributed by atoms with E-state index in [0.717, 1.165) is 5.56 Å². The first-order chi connectivity index (χ1) is 11.9. The van der Waals surface area contributed by atoms with Crippen LogP contribution in [0.1, 0.15) is 5.56 Å². The molecule has 4 nitrogen and oxygen atoms in total. The van der Waals surface area contributed by atoms with E-state index in [1.54, 1.807) is 42.5 Å². The number of halogens is 2. The van der Waals surface area contributed by atoms with Gasteiger partial charge in [-0.15, -0.1) is 0 Å². The van der Waals surface area contributed by atoms with Crippen LogP contribution in [0.4, 0.5) is 0 Å². The zero-order valence-corrected chi connectivity index (χ0v) is 15.4. The van der Waals surface area contributed by atoms with E-state index in [9.17, 15) is 13.2 Å². The lowest BCUT2D eigenvalue weighted by atomic mass is 10.2. The highest BCUT2D eigenvalue weighted by Crippen LogP contribution is 2.25. The van der Waals surface area contributed by atoms with Crippen LogP contribution in [0.5, 0.6) is 0 Å². The van der Waals surface area contributed by atoms with E-state index in [1.165, 1.54) is 23.1 Å². The van der Waals surface area contributed by atoms with Crippen LogP contribution in [-0.4, -0.2) is 37.6 Å². The summed E-state index contributed by atoms with van der Waals surface area (Å²) in [6.07, 6.45) is 3.12. The third-order valence-electron chi connectivity index (χ3n) is 4.03. The summed E-state index contributed by atoms with van der Waals surface area (Å²) in [7, 11) is -3.45. The van der Waals surface area contributed by atoms with Crippen molar-refractivity contribution in [2.24, 2.45) is 0 Å². The molecule has 0 aliphatic carbocycles. The average molecular weight is 396 g/mol. The number of carbonyl (C=O) groups excluding carboxylic acids is 1. The van der Waals surface area contributed by atoms with Crippen molar-refractivity contribution >= 4 is 45.0 Å². The monoisotopic (exact) mass is 395 g/mol. The lowest BCUT2D eigenvalue weighted by Gasteiger charge is -2.38. The van der Waals surface area contributed by atoms with Gasteiger partial charge in [0, 0.05) is 29.2 Å². The largest absolute Gasteiger partial charge is 0.336 e. The second kappa shape index (κ2) is 7.20. The van der Waals surface area contributed by atoms with Crippen LogP contribution in [-0.2, 0) is 14.6 Å². The molecule has 1 saturated heterocycles. The molecule has 1 fully saturated rings. The Balaban J connectivity index is 1.60. The van der Waals surface area contributed by atoms with Gasteiger partial charge in [0.25, 0.3) is 0 Å². The number of likely N-dealkylation sites (tertiary alicyclic amines) is 1. The molecule has 0 bridgehead atoms. The summed E-state index contributed by atoms with van der Waals surface area (Å²) < 4.78 is 25.0. The van der Waals surface area contributed by atoms with E-state index in [1.807, 2.05) is 0 Å².